The van der Waals surface area contributed by atoms with Gasteiger partial charge in [-0.3, -0.25) is 4.79 Å². The van der Waals surface area contributed by atoms with Crippen LogP contribution in [0.15, 0.2) is 15.0 Å². The number of thioether (sulfide) groups is 1. The molecule has 2 aromatic heterocycles. The topological polar surface area (TPSA) is 78.1 Å². The maximum Gasteiger partial charge on any atom is 0.316 e. The normalized spacial score (nSPS) is 22.9. The summed E-state index contributed by atoms with van der Waals surface area (Å²) in [5.74, 6) is 2.07. The predicted molar refractivity (Wildman–Crippen MR) is 106 cm³/mol. The molecule has 6 nitrogen and oxygen atoms in total. The highest BCUT2D eigenvalue weighted by molar-refractivity contribution is 7.99. The van der Waals surface area contributed by atoms with Gasteiger partial charge in [0.1, 0.15) is 11.9 Å². The number of carbonyl (C=O) groups excluding carboxylic acids is 1. The number of rotatable bonds is 7. The minimum atomic E-state index is -0.209. The van der Waals surface area contributed by atoms with Gasteiger partial charge in [0, 0.05) is 5.38 Å². The van der Waals surface area contributed by atoms with Gasteiger partial charge in [-0.05, 0) is 37.5 Å². The average Bonchev–Trinajstić information content (AvgIpc) is 3.22. The van der Waals surface area contributed by atoms with Gasteiger partial charge in [0.15, 0.2) is 0 Å². The fourth-order valence-electron chi connectivity index (χ4n) is 3.59. The van der Waals surface area contributed by atoms with Crippen molar-refractivity contribution in [3.63, 3.8) is 0 Å². The first-order valence-electron chi connectivity index (χ1n) is 9.46. The molecule has 1 aliphatic carbocycles. The largest absolute Gasteiger partial charge is 0.461 e. The Morgan fingerprint density at radius 2 is 2.22 bits per heavy atom. The lowest BCUT2D eigenvalue weighted by Crippen LogP contribution is -2.36. The van der Waals surface area contributed by atoms with E-state index in [1.165, 1.54) is 18.2 Å². The smallest absolute Gasteiger partial charge is 0.316 e. The van der Waals surface area contributed by atoms with Crippen LogP contribution < -0.4 is 0 Å². The summed E-state index contributed by atoms with van der Waals surface area (Å²) in [6, 6.07) is 0. The lowest BCUT2D eigenvalue weighted by Gasteiger charge is -2.36. The van der Waals surface area contributed by atoms with Crippen molar-refractivity contribution in [3.05, 3.63) is 22.0 Å². The van der Waals surface area contributed by atoms with Crippen molar-refractivity contribution in [1.82, 2.24) is 15.2 Å². The van der Waals surface area contributed by atoms with Crippen LogP contribution in [0.5, 0.6) is 0 Å². The first kappa shape index (κ1) is 20.3. The third kappa shape index (κ3) is 5.78. The Balaban J connectivity index is 1.48. The zero-order valence-electron chi connectivity index (χ0n) is 16.3. The van der Waals surface area contributed by atoms with E-state index in [1.54, 1.807) is 11.3 Å². The molecule has 0 bridgehead atoms. The summed E-state index contributed by atoms with van der Waals surface area (Å²) in [4.78, 5) is 16.7. The molecule has 1 fully saturated rings. The van der Waals surface area contributed by atoms with Gasteiger partial charge in [0.05, 0.1) is 17.1 Å². The van der Waals surface area contributed by atoms with E-state index in [4.69, 9.17) is 9.15 Å². The Kier molecular flexibility index (Phi) is 6.92. The van der Waals surface area contributed by atoms with Gasteiger partial charge in [-0.25, -0.2) is 4.98 Å². The number of hydrogen-bond donors (Lipinski definition) is 0. The minimum absolute atomic E-state index is 0.0213. The summed E-state index contributed by atoms with van der Waals surface area (Å²) in [5, 5.41) is 11.4. The van der Waals surface area contributed by atoms with Crippen LogP contribution in [0.4, 0.5) is 0 Å². The van der Waals surface area contributed by atoms with Crippen LogP contribution in [0.2, 0.25) is 0 Å². The van der Waals surface area contributed by atoms with Gasteiger partial charge in [-0.15, -0.1) is 21.5 Å². The molecule has 0 amide bonds. The SMILES string of the molecule is Cc1nc(Cc2nnc(SCC(=O)OC3CC(C)CCC3C(C)C)o2)cs1. The molecule has 2 heterocycles. The number of hydrogen-bond acceptors (Lipinski definition) is 8. The maximum absolute atomic E-state index is 12.3. The van der Waals surface area contributed by atoms with Crippen LogP contribution in [0.1, 0.15) is 56.6 Å². The number of aryl methyl sites for hydroxylation is 1. The van der Waals surface area contributed by atoms with Gasteiger partial charge in [0.25, 0.3) is 5.22 Å². The van der Waals surface area contributed by atoms with Crippen molar-refractivity contribution >= 4 is 29.1 Å². The van der Waals surface area contributed by atoms with E-state index in [-0.39, 0.29) is 17.8 Å². The van der Waals surface area contributed by atoms with Gasteiger partial charge in [-0.1, -0.05) is 39.0 Å². The zero-order valence-corrected chi connectivity index (χ0v) is 17.9. The number of ether oxygens (including phenoxy) is 1. The number of carbonyl (C=O) groups is 1. The van der Waals surface area contributed by atoms with Crippen molar-refractivity contribution in [2.75, 3.05) is 5.75 Å². The van der Waals surface area contributed by atoms with Gasteiger partial charge in [-0.2, -0.15) is 0 Å². The minimum Gasteiger partial charge on any atom is -0.461 e. The van der Waals surface area contributed by atoms with E-state index in [2.05, 4.69) is 36.0 Å². The van der Waals surface area contributed by atoms with E-state index >= 15 is 0 Å². The number of thiazole rings is 1. The van der Waals surface area contributed by atoms with E-state index in [0.29, 0.717) is 35.3 Å². The molecule has 0 aliphatic heterocycles. The molecule has 0 radical (unpaired) electrons. The van der Waals surface area contributed by atoms with Crippen molar-refractivity contribution < 1.29 is 13.9 Å². The second kappa shape index (κ2) is 9.19. The summed E-state index contributed by atoms with van der Waals surface area (Å²) in [6.07, 6.45) is 3.84. The number of aromatic nitrogens is 3. The highest BCUT2D eigenvalue weighted by Gasteiger charge is 2.33. The van der Waals surface area contributed by atoms with Crippen molar-refractivity contribution in [1.29, 1.82) is 0 Å². The molecule has 1 saturated carbocycles. The molecule has 2 aromatic rings. The third-order valence-corrected chi connectivity index (χ3v) is 6.62. The molecule has 3 unspecified atom stereocenters. The molecule has 3 atom stereocenters. The van der Waals surface area contributed by atoms with Crippen LogP contribution in [-0.2, 0) is 16.0 Å². The van der Waals surface area contributed by atoms with E-state index < -0.39 is 0 Å². The highest BCUT2D eigenvalue weighted by atomic mass is 32.2. The van der Waals surface area contributed by atoms with Crippen LogP contribution in [-0.4, -0.2) is 33.0 Å². The Morgan fingerprint density at radius 1 is 1.41 bits per heavy atom. The lowest BCUT2D eigenvalue weighted by molar-refractivity contribution is -0.152. The van der Waals surface area contributed by atoms with Crippen LogP contribution in [0.25, 0.3) is 0 Å². The summed E-state index contributed by atoms with van der Waals surface area (Å²) in [6.45, 7) is 8.61. The third-order valence-electron chi connectivity index (χ3n) is 5.00. The monoisotopic (exact) mass is 409 g/mol. The molecule has 3 rings (SSSR count). The molecule has 0 aromatic carbocycles. The van der Waals surface area contributed by atoms with Crippen LogP contribution in [0.3, 0.4) is 0 Å². The molecule has 27 heavy (non-hydrogen) atoms. The van der Waals surface area contributed by atoms with E-state index in [9.17, 15) is 4.79 Å². The Labute approximate surface area is 168 Å². The van der Waals surface area contributed by atoms with E-state index in [1.807, 2.05) is 12.3 Å². The highest BCUT2D eigenvalue weighted by Crippen LogP contribution is 2.35. The van der Waals surface area contributed by atoms with Gasteiger partial charge in [0.2, 0.25) is 5.89 Å². The maximum atomic E-state index is 12.3. The summed E-state index contributed by atoms with van der Waals surface area (Å²) < 4.78 is 11.4. The lowest BCUT2D eigenvalue weighted by atomic mass is 9.75. The predicted octanol–water partition coefficient (Wildman–Crippen LogP) is 4.52. The molecule has 8 heteroatoms. The van der Waals surface area contributed by atoms with E-state index in [0.717, 1.165) is 23.5 Å². The number of nitrogens with zero attached hydrogens (tertiary/aromatic N) is 3. The standard InChI is InChI=1S/C19H27N3O3S2/c1-11(2)15-6-5-12(3)7-16(15)24-18(23)10-27-19-22-21-17(25-19)8-14-9-26-13(4)20-14/h9,11-12,15-16H,5-8,10H2,1-4H3. The molecular formula is C19H27N3O3S2. The van der Waals surface area contributed by atoms with Crippen LogP contribution >= 0.6 is 23.1 Å². The molecule has 0 N–H and O–H groups in total. The molecule has 0 spiro atoms. The Morgan fingerprint density at radius 3 is 2.93 bits per heavy atom. The second-order valence-electron chi connectivity index (χ2n) is 7.64. The van der Waals surface area contributed by atoms with Gasteiger partial charge >= 0.3 is 5.97 Å². The Hall–Kier alpha value is -1.41. The average molecular weight is 410 g/mol. The van der Waals surface area contributed by atoms with Crippen molar-refractivity contribution in [2.45, 2.75) is 64.7 Å². The first-order chi connectivity index (χ1) is 12.9. The summed E-state index contributed by atoms with van der Waals surface area (Å²) in [5.41, 5.74) is 0.920. The molecule has 0 saturated heterocycles. The fraction of sp³-hybridized carbons (Fsp3) is 0.684. The van der Waals surface area contributed by atoms with Crippen molar-refractivity contribution in [2.24, 2.45) is 17.8 Å². The number of esters is 1. The fourth-order valence-corrected chi connectivity index (χ4v) is 4.76. The van der Waals surface area contributed by atoms with Crippen LogP contribution in [0, 0.1) is 24.7 Å². The molecular weight excluding hydrogens is 382 g/mol. The summed E-state index contributed by atoms with van der Waals surface area (Å²) in [7, 11) is 0. The summed E-state index contributed by atoms with van der Waals surface area (Å²) >= 11 is 2.83. The molecule has 148 valence electrons. The first-order valence-corrected chi connectivity index (χ1v) is 11.3. The quantitative estimate of drug-likeness (QED) is 0.491. The van der Waals surface area contributed by atoms with Crippen molar-refractivity contribution in [3.8, 4) is 0 Å². The zero-order chi connectivity index (χ0) is 19.4. The molecule has 1 aliphatic rings. The Bertz CT molecular complexity index is 759. The van der Waals surface area contributed by atoms with Gasteiger partial charge < -0.3 is 9.15 Å². The second-order valence-corrected chi connectivity index (χ2v) is 9.63.